The van der Waals surface area contributed by atoms with E-state index in [-0.39, 0.29) is 30.1 Å². The normalized spacial score (nSPS) is 15.0. The van der Waals surface area contributed by atoms with E-state index >= 15 is 0 Å². The zero-order chi connectivity index (χ0) is 22.7. The van der Waals surface area contributed by atoms with E-state index in [1.807, 2.05) is 0 Å². The minimum atomic E-state index is -0.363. The van der Waals surface area contributed by atoms with Gasteiger partial charge in [0, 0.05) is 5.02 Å². The summed E-state index contributed by atoms with van der Waals surface area (Å²) in [6, 6.07) is 18.2. The van der Waals surface area contributed by atoms with Crippen LogP contribution in [-0.4, -0.2) is 16.0 Å². The summed E-state index contributed by atoms with van der Waals surface area (Å²) < 4.78 is 19.0. The highest BCUT2D eigenvalue weighted by atomic mass is 35.5. The molecule has 1 saturated heterocycles. The number of halogens is 3. The van der Waals surface area contributed by atoms with E-state index in [0.29, 0.717) is 31.8 Å². The molecule has 0 aromatic heterocycles. The zero-order valence-electron chi connectivity index (χ0n) is 16.6. The van der Waals surface area contributed by atoms with E-state index < -0.39 is 0 Å². The Labute approximate surface area is 198 Å². The highest BCUT2D eigenvalue weighted by Gasteiger charge is 2.35. The smallest absolute Gasteiger partial charge is 0.293 e. The van der Waals surface area contributed by atoms with Crippen molar-refractivity contribution in [2.45, 2.75) is 13.2 Å². The van der Waals surface area contributed by atoms with Gasteiger partial charge < -0.3 is 4.74 Å². The molecule has 1 aliphatic heterocycles. The average molecular weight is 488 g/mol. The highest BCUT2D eigenvalue weighted by Crippen LogP contribution is 2.35. The molecule has 32 heavy (non-hydrogen) atoms. The van der Waals surface area contributed by atoms with Gasteiger partial charge >= 0.3 is 0 Å². The Hall–Kier alpha value is -2.80. The van der Waals surface area contributed by atoms with Crippen molar-refractivity contribution < 1.29 is 18.7 Å². The average Bonchev–Trinajstić information content (AvgIpc) is 3.02. The third kappa shape index (κ3) is 5.33. The summed E-state index contributed by atoms with van der Waals surface area (Å²) in [6.07, 6.45) is 1.62. The molecule has 4 nitrogen and oxygen atoms in total. The summed E-state index contributed by atoms with van der Waals surface area (Å²) in [6.45, 7) is 0.340. The van der Waals surface area contributed by atoms with Crippen LogP contribution in [-0.2, 0) is 17.9 Å². The van der Waals surface area contributed by atoms with Crippen LogP contribution < -0.4 is 4.74 Å². The first-order valence-electron chi connectivity index (χ1n) is 9.55. The Kier molecular flexibility index (Phi) is 6.84. The fourth-order valence-corrected chi connectivity index (χ4v) is 4.28. The first-order chi connectivity index (χ1) is 15.4. The molecule has 0 aliphatic carbocycles. The number of nitrogens with zero attached hydrogens (tertiary/aromatic N) is 1. The van der Waals surface area contributed by atoms with Crippen LogP contribution in [0.2, 0.25) is 10.0 Å². The van der Waals surface area contributed by atoms with Gasteiger partial charge in [-0.3, -0.25) is 14.5 Å². The van der Waals surface area contributed by atoms with Gasteiger partial charge in [0.25, 0.3) is 11.1 Å². The molecule has 3 aromatic rings. The van der Waals surface area contributed by atoms with Crippen molar-refractivity contribution in [1.82, 2.24) is 4.90 Å². The molecule has 0 atom stereocenters. The van der Waals surface area contributed by atoms with E-state index in [2.05, 4.69) is 0 Å². The molecule has 8 heteroatoms. The van der Waals surface area contributed by atoms with Crippen LogP contribution in [0.4, 0.5) is 9.18 Å². The van der Waals surface area contributed by atoms with Gasteiger partial charge in [-0.15, -0.1) is 0 Å². The Balaban J connectivity index is 1.45. The van der Waals surface area contributed by atoms with E-state index in [0.717, 1.165) is 17.3 Å². The van der Waals surface area contributed by atoms with Crippen LogP contribution in [0.15, 0.2) is 71.6 Å². The molecule has 0 N–H and O–H groups in total. The molecular weight excluding hydrogens is 472 g/mol. The van der Waals surface area contributed by atoms with Crippen molar-refractivity contribution >= 4 is 52.2 Å². The number of ether oxygens (including phenoxy) is 1. The number of carbonyl (C=O) groups is 2. The minimum Gasteiger partial charge on any atom is -0.487 e. The van der Waals surface area contributed by atoms with Gasteiger partial charge in [-0.2, -0.15) is 0 Å². The quantitative estimate of drug-likeness (QED) is 0.353. The fourth-order valence-electron chi connectivity index (χ4n) is 3.07. The maximum Gasteiger partial charge on any atom is 0.293 e. The molecule has 1 heterocycles. The molecule has 0 unspecified atom stereocenters. The summed E-state index contributed by atoms with van der Waals surface area (Å²) >= 11 is 13.1. The topological polar surface area (TPSA) is 46.6 Å². The van der Waals surface area contributed by atoms with Crippen molar-refractivity contribution in [3.8, 4) is 5.75 Å². The third-order valence-corrected chi connectivity index (χ3v) is 6.12. The van der Waals surface area contributed by atoms with Gasteiger partial charge in [-0.05, 0) is 70.9 Å². The number of rotatable bonds is 6. The SMILES string of the molecule is O=C1S/C(=C\c2ccc(OCc3cccc(F)c3)c(Cl)c2)C(=O)N1Cc1ccc(Cl)cc1. The molecule has 0 bridgehead atoms. The van der Waals surface area contributed by atoms with E-state index in [1.165, 1.54) is 17.0 Å². The minimum absolute atomic E-state index is 0.167. The number of thioether (sulfide) groups is 1. The predicted molar refractivity (Wildman–Crippen MR) is 125 cm³/mol. The van der Waals surface area contributed by atoms with Crippen LogP contribution in [0.25, 0.3) is 6.08 Å². The van der Waals surface area contributed by atoms with E-state index in [1.54, 1.807) is 60.7 Å². The number of hydrogen-bond donors (Lipinski definition) is 0. The number of imide groups is 1. The first-order valence-corrected chi connectivity index (χ1v) is 11.1. The number of hydrogen-bond acceptors (Lipinski definition) is 4. The molecule has 1 fully saturated rings. The summed E-state index contributed by atoms with van der Waals surface area (Å²) in [7, 11) is 0. The molecule has 0 radical (unpaired) electrons. The number of benzene rings is 3. The lowest BCUT2D eigenvalue weighted by molar-refractivity contribution is -0.123. The maximum atomic E-state index is 13.3. The lowest BCUT2D eigenvalue weighted by Gasteiger charge is -2.12. The van der Waals surface area contributed by atoms with Crippen LogP contribution in [0.1, 0.15) is 16.7 Å². The molecule has 0 saturated carbocycles. The highest BCUT2D eigenvalue weighted by molar-refractivity contribution is 8.18. The Morgan fingerprint density at radius 3 is 2.47 bits per heavy atom. The van der Waals surface area contributed by atoms with Crippen molar-refractivity contribution in [3.05, 3.63) is 104 Å². The standard InChI is InChI=1S/C24H16Cl2FNO3S/c25-18-7-4-15(5-8-18)13-28-23(29)22(32-24(28)30)12-16-6-9-21(20(26)11-16)31-14-17-2-1-3-19(27)10-17/h1-12H,13-14H2/b22-12-. The second-order valence-electron chi connectivity index (χ2n) is 7.00. The predicted octanol–water partition coefficient (Wildman–Crippen LogP) is 6.95. The summed E-state index contributed by atoms with van der Waals surface area (Å²) in [5.41, 5.74) is 2.14. The van der Waals surface area contributed by atoms with Gasteiger partial charge in [0.1, 0.15) is 18.2 Å². The van der Waals surface area contributed by atoms with Crippen LogP contribution in [0, 0.1) is 5.82 Å². The Bertz CT molecular complexity index is 1210. The van der Waals surface area contributed by atoms with E-state index in [4.69, 9.17) is 27.9 Å². The Morgan fingerprint density at radius 2 is 1.75 bits per heavy atom. The third-order valence-electron chi connectivity index (χ3n) is 4.66. The number of amides is 2. The van der Waals surface area contributed by atoms with Gasteiger partial charge in [-0.25, -0.2) is 4.39 Å². The fraction of sp³-hybridized carbons (Fsp3) is 0.0833. The van der Waals surface area contributed by atoms with Gasteiger partial charge in [0.15, 0.2) is 0 Å². The lowest BCUT2D eigenvalue weighted by Crippen LogP contribution is -2.27. The van der Waals surface area contributed by atoms with Crippen molar-refractivity contribution in [2.75, 3.05) is 0 Å². The van der Waals surface area contributed by atoms with Crippen molar-refractivity contribution in [1.29, 1.82) is 0 Å². The molecule has 3 aromatic carbocycles. The molecule has 2 amide bonds. The lowest BCUT2D eigenvalue weighted by atomic mass is 10.2. The van der Waals surface area contributed by atoms with Crippen molar-refractivity contribution in [2.24, 2.45) is 0 Å². The molecule has 4 rings (SSSR count). The first kappa shape index (κ1) is 22.4. The summed E-state index contributed by atoms with van der Waals surface area (Å²) in [5.74, 6) is -0.265. The molecule has 1 aliphatic rings. The van der Waals surface area contributed by atoms with Gasteiger partial charge in [0.05, 0.1) is 16.5 Å². The Morgan fingerprint density at radius 1 is 0.969 bits per heavy atom. The second-order valence-corrected chi connectivity index (χ2v) is 8.84. The van der Waals surface area contributed by atoms with Crippen LogP contribution >= 0.6 is 35.0 Å². The summed E-state index contributed by atoms with van der Waals surface area (Å²) in [5, 5.41) is 0.593. The van der Waals surface area contributed by atoms with Gasteiger partial charge in [0.2, 0.25) is 0 Å². The van der Waals surface area contributed by atoms with Crippen LogP contribution in [0.5, 0.6) is 5.75 Å². The largest absolute Gasteiger partial charge is 0.487 e. The van der Waals surface area contributed by atoms with E-state index in [9.17, 15) is 14.0 Å². The molecular formula is C24H16Cl2FNO3S. The zero-order valence-corrected chi connectivity index (χ0v) is 18.9. The van der Waals surface area contributed by atoms with Crippen molar-refractivity contribution in [3.63, 3.8) is 0 Å². The maximum absolute atomic E-state index is 13.3. The second kappa shape index (κ2) is 9.77. The monoisotopic (exact) mass is 487 g/mol. The molecule has 0 spiro atoms. The summed E-state index contributed by atoms with van der Waals surface area (Å²) in [4.78, 5) is 26.6. The number of carbonyl (C=O) groups excluding carboxylic acids is 2. The molecule has 162 valence electrons. The van der Waals surface area contributed by atoms with Gasteiger partial charge in [-0.1, -0.05) is 53.5 Å². The van der Waals surface area contributed by atoms with Crippen LogP contribution in [0.3, 0.4) is 0 Å².